The maximum Gasteiger partial charge on any atom is 0.336 e. The van der Waals surface area contributed by atoms with Gasteiger partial charge in [-0.2, -0.15) is 0 Å². The van der Waals surface area contributed by atoms with Crippen LogP contribution in [0, 0.1) is 11.2 Å². The molecule has 1 spiro atoms. The molecule has 12 heteroatoms. The smallest absolute Gasteiger partial charge is 0.336 e. The van der Waals surface area contributed by atoms with Crippen LogP contribution < -0.4 is 20.3 Å². The Balaban J connectivity index is 1.54. The topological polar surface area (TPSA) is 128 Å². The van der Waals surface area contributed by atoms with Crippen LogP contribution >= 0.6 is 23.2 Å². The second-order valence-electron chi connectivity index (χ2n) is 14.3. The van der Waals surface area contributed by atoms with E-state index in [1.807, 2.05) is 12.1 Å². The highest BCUT2D eigenvalue weighted by molar-refractivity contribution is 6.31. The molecular weight excluding hydrogens is 696 g/mol. The molecule has 2 aliphatic heterocycles. The number of carbonyl (C=O) groups excluding carboxylic acids is 1. The molecule has 51 heavy (non-hydrogen) atoms. The Morgan fingerprint density at radius 3 is 2.43 bits per heavy atom. The number of anilines is 2. The highest BCUT2D eigenvalue weighted by Gasteiger charge is 2.63. The number of methoxy groups -OCH3 is 1. The fourth-order valence-electron chi connectivity index (χ4n) is 7.84. The van der Waals surface area contributed by atoms with Crippen LogP contribution in [0.4, 0.5) is 15.8 Å². The first kappa shape index (κ1) is 36.2. The average Bonchev–Trinajstić information content (AvgIpc) is 3.55. The van der Waals surface area contributed by atoms with Gasteiger partial charge in [0.1, 0.15) is 11.6 Å². The zero-order chi connectivity index (χ0) is 36.8. The molecule has 0 aromatic heterocycles. The summed E-state index contributed by atoms with van der Waals surface area (Å²) in [5, 5.41) is 26.4. The minimum absolute atomic E-state index is 0.0160. The summed E-state index contributed by atoms with van der Waals surface area (Å²) in [5.41, 5.74) is 1.62. The highest BCUT2D eigenvalue weighted by atomic mass is 35.5. The van der Waals surface area contributed by atoms with Crippen molar-refractivity contribution in [3.63, 3.8) is 0 Å². The van der Waals surface area contributed by atoms with Gasteiger partial charge in [-0.25, -0.2) is 14.0 Å². The molecule has 9 nitrogen and oxygen atoms in total. The number of hydrogen-bond donors (Lipinski definition) is 4. The van der Waals surface area contributed by atoms with Crippen LogP contribution in [0.2, 0.25) is 10.0 Å². The van der Waals surface area contributed by atoms with Crippen molar-refractivity contribution in [2.75, 3.05) is 23.9 Å². The first-order valence-electron chi connectivity index (χ1n) is 16.4. The van der Waals surface area contributed by atoms with Crippen LogP contribution in [0.3, 0.4) is 0 Å². The Morgan fingerprint density at radius 2 is 1.75 bits per heavy atom. The SMILES string of the molecule is COc1cc(C(=O)O)ccc1NC(=O)[C@@H]1N[C@@H](CC(C)(C)C)[C@@]2(CN(Cc3ccccc3C(=O)O)c3cc(Cl)ccc32)[C@H]1c1cccc(Cl)c1F. The molecule has 266 valence electrons. The first-order chi connectivity index (χ1) is 24.1. The summed E-state index contributed by atoms with van der Waals surface area (Å²) in [4.78, 5) is 40.5. The highest BCUT2D eigenvalue weighted by Crippen LogP contribution is 2.58. The van der Waals surface area contributed by atoms with Crippen molar-refractivity contribution in [3.8, 4) is 5.75 Å². The summed E-state index contributed by atoms with van der Waals surface area (Å²) in [5.74, 6) is -4.01. The van der Waals surface area contributed by atoms with Gasteiger partial charge in [0.05, 0.1) is 35.0 Å². The third-order valence-corrected chi connectivity index (χ3v) is 10.4. The van der Waals surface area contributed by atoms with E-state index in [9.17, 15) is 24.6 Å². The number of hydrogen-bond acceptors (Lipinski definition) is 6. The average molecular weight is 735 g/mol. The predicted molar refractivity (Wildman–Crippen MR) is 195 cm³/mol. The molecule has 1 fully saturated rings. The van der Waals surface area contributed by atoms with Gasteiger partial charge >= 0.3 is 11.9 Å². The van der Waals surface area contributed by atoms with Gasteiger partial charge in [-0.3, -0.25) is 4.79 Å². The standard InChI is InChI=1S/C39H38Cl2FN3O6/c1-38(2,3)18-31-39(20-45(29-17-23(40)13-14-26(29)39)19-22-8-5-6-9-24(22)37(49)50)32(25-10-7-11-27(41)33(25)42)34(44-31)35(46)43-28-15-12-21(36(47)48)16-30(28)51-4/h5-17,31-32,34,44H,18-20H2,1-4H3,(H,43,46)(H,47,48)(H,49,50)/t31-,32-,34+,39-/m0/s1. The van der Waals surface area contributed by atoms with Gasteiger partial charge in [-0.15, -0.1) is 0 Å². The monoisotopic (exact) mass is 733 g/mol. The Hall–Kier alpha value is -4.64. The Labute approximate surface area is 305 Å². The molecular formula is C39H38Cl2FN3O6. The van der Waals surface area contributed by atoms with Crippen LogP contribution in [-0.2, 0) is 16.8 Å². The van der Waals surface area contributed by atoms with E-state index in [0.717, 1.165) is 11.3 Å². The number of nitrogens with zero attached hydrogens (tertiary/aromatic N) is 1. The van der Waals surface area contributed by atoms with Crippen LogP contribution in [0.15, 0.2) is 78.9 Å². The molecule has 4 aromatic carbocycles. The molecule has 4 aromatic rings. The minimum Gasteiger partial charge on any atom is -0.495 e. The quantitative estimate of drug-likeness (QED) is 0.136. The number of carboxylic acids is 2. The molecule has 2 aliphatic rings. The van der Waals surface area contributed by atoms with E-state index in [1.54, 1.807) is 42.5 Å². The fraction of sp³-hybridized carbons (Fsp3) is 0.308. The maximum atomic E-state index is 16.4. The summed E-state index contributed by atoms with van der Waals surface area (Å²) in [7, 11) is 1.38. The number of halogens is 3. The summed E-state index contributed by atoms with van der Waals surface area (Å²) in [6.45, 7) is 6.80. The van der Waals surface area contributed by atoms with Crippen molar-refractivity contribution in [1.29, 1.82) is 0 Å². The van der Waals surface area contributed by atoms with Crippen LogP contribution in [0.5, 0.6) is 5.75 Å². The van der Waals surface area contributed by atoms with E-state index in [4.69, 9.17) is 27.9 Å². The lowest BCUT2D eigenvalue weighted by molar-refractivity contribution is -0.118. The van der Waals surface area contributed by atoms with E-state index in [2.05, 4.69) is 36.3 Å². The molecule has 0 bridgehead atoms. The first-order valence-corrected chi connectivity index (χ1v) is 17.2. The third-order valence-electron chi connectivity index (χ3n) is 9.88. The molecule has 2 heterocycles. The number of carbonyl (C=O) groups is 3. The number of nitrogens with one attached hydrogen (secondary N) is 2. The van der Waals surface area contributed by atoms with Gasteiger partial charge < -0.3 is 30.5 Å². The van der Waals surface area contributed by atoms with Gasteiger partial charge in [0.25, 0.3) is 0 Å². The minimum atomic E-state index is -1.15. The lowest BCUT2D eigenvalue weighted by Crippen LogP contribution is -2.48. The Bertz CT molecular complexity index is 2030. The number of amides is 1. The Morgan fingerprint density at radius 1 is 1.00 bits per heavy atom. The van der Waals surface area contributed by atoms with Crippen LogP contribution in [0.25, 0.3) is 0 Å². The van der Waals surface area contributed by atoms with Crippen molar-refractivity contribution < 1.29 is 33.7 Å². The van der Waals surface area contributed by atoms with Gasteiger partial charge in [-0.05, 0) is 71.0 Å². The van der Waals surface area contributed by atoms with Crippen molar-refractivity contribution in [3.05, 3.63) is 123 Å². The lowest BCUT2D eigenvalue weighted by atomic mass is 9.63. The van der Waals surface area contributed by atoms with E-state index in [-0.39, 0.29) is 45.1 Å². The van der Waals surface area contributed by atoms with Gasteiger partial charge in [0, 0.05) is 41.2 Å². The van der Waals surface area contributed by atoms with Crippen molar-refractivity contribution in [2.45, 2.75) is 57.2 Å². The lowest BCUT2D eigenvalue weighted by Gasteiger charge is -2.40. The van der Waals surface area contributed by atoms with Crippen LogP contribution in [-0.4, -0.2) is 53.8 Å². The van der Waals surface area contributed by atoms with E-state index in [0.29, 0.717) is 23.6 Å². The molecule has 0 radical (unpaired) electrons. The summed E-state index contributed by atoms with van der Waals surface area (Å²) in [6, 6.07) is 19.8. The summed E-state index contributed by atoms with van der Waals surface area (Å²) < 4.78 is 21.9. The van der Waals surface area contributed by atoms with Crippen molar-refractivity contribution >= 4 is 52.4 Å². The third kappa shape index (κ3) is 6.76. The zero-order valence-corrected chi connectivity index (χ0v) is 30.0. The molecule has 4 N–H and O–H groups in total. The fourth-order valence-corrected chi connectivity index (χ4v) is 8.18. The summed E-state index contributed by atoms with van der Waals surface area (Å²) in [6.07, 6.45) is 0.577. The normalized spacial score (nSPS) is 21.1. The molecule has 0 saturated carbocycles. The summed E-state index contributed by atoms with van der Waals surface area (Å²) >= 11 is 13.0. The molecule has 0 unspecified atom stereocenters. The molecule has 1 saturated heterocycles. The maximum absolute atomic E-state index is 16.4. The zero-order valence-electron chi connectivity index (χ0n) is 28.5. The van der Waals surface area contributed by atoms with Crippen LogP contribution in [0.1, 0.15) is 70.5 Å². The Kier molecular flexibility index (Phi) is 9.80. The number of fused-ring (bicyclic) bond motifs is 2. The number of ether oxygens (including phenoxy) is 1. The van der Waals surface area contributed by atoms with Gasteiger partial charge in [-0.1, -0.05) is 80.4 Å². The predicted octanol–water partition coefficient (Wildman–Crippen LogP) is 7.99. The second-order valence-corrected chi connectivity index (χ2v) is 15.2. The number of benzene rings is 4. The van der Waals surface area contributed by atoms with E-state index < -0.39 is 47.1 Å². The second kappa shape index (κ2) is 13.8. The van der Waals surface area contributed by atoms with Crippen molar-refractivity contribution in [1.82, 2.24) is 5.32 Å². The number of rotatable bonds is 9. The van der Waals surface area contributed by atoms with Gasteiger partial charge in [0.15, 0.2) is 0 Å². The number of carboxylic acid groups (broad SMARTS) is 2. The van der Waals surface area contributed by atoms with E-state index in [1.165, 1.54) is 31.4 Å². The molecule has 0 aliphatic carbocycles. The molecule has 6 rings (SSSR count). The molecule has 1 amide bonds. The van der Waals surface area contributed by atoms with E-state index >= 15 is 4.39 Å². The molecule has 4 atom stereocenters. The number of aromatic carboxylic acids is 2. The van der Waals surface area contributed by atoms with Gasteiger partial charge in [0.2, 0.25) is 5.91 Å². The van der Waals surface area contributed by atoms with Crippen molar-refractivity contribution in [2.24, 2.45) is 5.41 Å². The largest absolute Gasteiger partial charge is 0.495 e.